The molecular weight excluding hydrogens is 382 g/mol. The molecule has 1 aromatic heterocycles. The van der Waals surface area contributed by atoms with E-state index in [0.29, 0.717) is 11.5 Å². The van der Waals surface area contributed by atoms with Crippen LogP contribution in [0.1, 0.15) is 12.5 Å². The minimum atomic E-state index is -0.323. The van der Waals surface area contributed by atoms with Crippen molar-refractivity contribution in [3.05, 3.63) is 60.2 Å². The predicted molar refractivity (Wildman–Crippen MR) is 113 cm³/mol. The van der Waals surface area contributed by atoms with Crippen LogP contribution in [0.4, 0.5) is 5.69 Å². The van der Waals surface area contributed by atoms with Crippen LogP contribution in [0.3, 0.4) is 0 Å². The van der Waals surface area contributed by atoms with Crippen LogP contribution in [0.15, 0.2) is 59.7 Å². The van der Waals surface area contributed by atoms with Crippen LogP contribution in [-0.2, 0) is 16.1 Å². The maximum Gasteiger partial charge on any atom is 0.263 e. The molecule has 1 fully saturated rings. The number of rotatable bonds is 6. The largest absolute Gasteiger partial charge is 0.378 e. The Bertz CT molecular complexity index is 1010. The van der Waals surface area contributed by atoms with Gasteiger partial charge in [-0.25, -0.2) is 5.43 Å². The van der Waals surface area contributed by atoms with Gasteiger partial charge in [0.05, 0.1) is 18.9 Å². The third kappa shape index (κ3) is 4.87. The van der Waals surface area contributed by atoms with Gasteiger partial charge in [-0.1, -0.05) is 42.5 Å². The van der Waals surface area contributed by atoms with Crippen LogP contribution >= 0.6 is 0 Å². The highest BCUT2D eigenvalue weighted by atomic mass is 16.5. The fourth-order valence-electron chi connectivity index (χ4n) is 3.12. The van der Waals surface area contributed by atoms with Crippen molar-refractivity contribution in [1.82, 2.24) is 25.6 Å². The van der Waals surface area contributed by atoms with Crippen molar-refractivity contribution in [3.8, 4) is 11.4 Å². The molecule has 4 rings (SSSR count). The summed E-state index contributed by atoms with van der Waals surface area (Å²) < 4.78 is 5.39. The zero-order valence-corrected chi connectivity index (χ0v) is 16.7. The third-order valence-electron chi connectivity index (χ3n) is 4.78. The third-order valence-corrected chi connectivity index (χ3v) is 4.78. The second-order valence-electron chi connectivity index (χ2n) is 6.89. The summed E-state index contributed by atoms with van der Waals surface area (Å²) in [5.41, 5.74) is 6.21. The highest BCUT2D eigenvalue weighted by molar-refractivity contribution is 5.99. The lowest BCUT2D eigenvalue weighted by molar-refractivity contribution is -0.122. The van der Waals surface area contributed by atoms with Gasteiger partial charge in [0.1, 0.15) is 6.54 Å². The average Bonchev–Trinajstić information content (AvgIpc) is 3.27. The number of nitrogens with zero attached hydrogens (tertiary/aromatic N) is 6. The molecule has 0 aliphatic carbocycles. The van der Waals surface area contributed by atoms with E-state index < -0.39 is 0 Å². The zero-order valence-electron chi connectivity index (χ0n) is 16.7. The summed E-state index contributed by atoms with van der Waals surface area (Å²) in [6.45, 7) is 5.08. The lowest BCUT2D eigenvalue weighted by Gasteiger charge is -2.28. The van der Waals surface area contributed by atoms with E-state index in [4.69, 9.17) is 4.74 Å². The van der Waals surface area contributed by atoms with Crippen molar-refractivity contribution in [2.75, 3.05) is 31.2 Å². The Morgan fingerprint density at radius 2 is 1.83 bits per heavy atom. The molecule has 1 aliphatic heterocycles. The van der Waals surface area contributed by atoms with E-state index in [1.165, 1.54) is 4.80 Å². The lowest BCUT2D eigenvalue weighted by Crippen LogP contribution is -2.36. The Kier molecular flexibility index (Phi) is 6.09. The van der Waals surface area contributed by atoms with Gasteiger partial charge >= 0.3 is 0 Å². The molecule has 2 aromatic carbocycles. The number of carbonyl (C=O) groups is 1. The molecule has 1 saturated heterocycles. The number of hydrazone groups is 1. The Morgan fingerprint density at radius 1 is 1.10 bits per heavy atom. The molecule has 9 heteroatoms. The van der Waals surface area contributed by atoms with E-state index in [1.54, 1.807) is 0 Å². The summed E-state index contributed by atoms with van der Waals surface area (Å²) in [6, 6.07) is 17.6. The van der Waals surface area contributed by atoms with Crippen molar-refractivity contribution in [2.24, 2.45) is 5.10 Å². The Morgan fingerprint density at radius 3 is 2.57 bits per heavy atom. The number of nitrogens with one attached hydrogen (secondary N) is 1. The summed E-state index contributed by atoms with van der Waals surface area (Å²) >= 11 is 0. The number of amides is 1. The quantitative estimate of drug-likeness (QED) is 0.495. The van der Waals surface area contributed by atoms with Crippen LogP contribution in [0.5, 0.6) is 0 Å². The summed E-state index contributed by atoms with van der Waals surface area (Å²) in [7, 11) is 0. The molecule has 1 aliphatic rings. The minimum Gasteiger partial charge on any atom is -0.378 e. The van der Waals surface area contributed by atoms with E-state index in [-0.39, 0.29) is 12.5 Å². The number of tetrazole rings is 1. The van der Waals surface area contributed by atoms with Gasteiger partial charge in [0.2, 0.25) is 5.82 Å². The number of aromatic nitrogens is 4. The summed E-state index contributed by atoms with van der Waals surface area (Å²) in [5.74, 6) is 0.153. The van der Waals surface area contributed by atoms with Gasteiger partial charge in [0.15, 0.2) is 0 Å². The number of benzene rings is 2. The maximum absolute atomic E-state index is 12.2. The predicted octanol–water partition coefficient (Wildman–Crippen LogP) is 1.72. The second kappa shape index (κ2) is 9.27. The minimum absolute atomic E-state index is 0.0629. The molecule has 1 amide bonds. The molecule has 0 atom stereocenters. The molecule has 0 bridgehead atoms. The number of anilines is 1. The van der Waals surface area contributed by atoms with E-state index in [9.17, 15) is 4.79 Å². The van der Waals surface area contributed by atoms with Crippen LogP contribution in [0.2, 0.25) is 0 Å². The molecule has 0 radical (unpaired) electrons. The van der Waals surface area contributed by atoms with Crippen molar-refractivity contribution in [3.63, 3.8) is 0 Å². The van der Waals surface area contributed by atoms with Crippen LogP contribution in [0, 0.1) is 0 Å². The summed E-state index contributed by atoms with van der Waals surface area (Å²) in [4.78, 5) is 15.7. The lowest BCUT2D eigenvalue weighted by atomic mass is 10.1. The molecule has 9 nitrogen and oxygen atoms in total. The number of hydrogen-bond acceptors (Lipinski definition) is 7. The molecule has 154 valence electrons. The SMILES string of the molecule is C/C(=N\NC(=O)Cn1nnc(-c2ccccc2)n1)c1ccc(N2CCOCC2)cc1. The standard InChI is InChI=1S/C21H23N7O2/c1-16(17-7-9-19(10-8-17)27-11-13-30-14-12-27)22-23-20(29)15-28-25-21(24-26-28)18-5-3-2-4-6-18/h2-10H,11-15H2,1H3,(H,23,29)/b22-16+. The molecule has 0 unspecified atom stereocenters. The van der Waals surface area contributed by atoms with E-state index in [1.807, 2.05) is 49.4 Å². The summed E-state index contributed by atoms with van der Waals surface area (Å²) in [6.07, 6.45) is 0. The Balaban J connectivity index is 1.33. The highest BCUT2D eigenvalue weighted by Crippen LogP contribution is 2.17. The van der Waals surface area contributed by atoms with Gasteiger partial charge in [0, 0.05) is 24.3 Å². The monoisotopic (exact) mass is 405 g/mol. The van der Waals surface area contributed by atoms with Crippen molar-refractivity contribution < 1.29 is 9.53 Å². The fourth-order valence-corrected chi connectivity index (χ4v) is 3.12. The van der Waals surface area contributed by atoms with Crippen LogP contribution < -0.4 is 10.3 Å². The second-order valence-corrected chi connectivity index (χ2v) is 6.89. The molecule has 0 spiro atoms. The van der Waals surface area contributed by atoms with Crippen molar-refractivity contribution >= 4 is 17.3 Å². The van der Waals surface area contributed by atoms with Gasteiger partial charge in [-0.2, -0.15) is 9.90 Å². The highest BCUT2D eigenvalue weighted by Gasteiger charge is 2.12. The first-order valence-corrected chi connectivity index (χ1v) is 9.78. The topological polar surface area (TPSA) is 97.5 Å². The molecule has 2 heterocycles. The first-order valence-electron chi connectivity index (χ1n) is 9.78. The average molecular weight is 405 g/mol. The summed E-state index contributed by atoms with van der Waals surface area (Å²) in [5, 5.41) is 16.3. The van der Waals surface area contributed by atoms with E-state index in [0.717, 1.165) is 43.1 Å². The van der Waals surface area contributed by atoms with E-state index >= 15 is 0 Å². The van der Waals surface area contributed by atoms with Gasteiger partial charge in [-0.05, 0) is 29.8 Å². The number of morpholine rings is 1. The zero-order chi connectivity index (χ0) is 20.8. The molecule has 30 heavy (non-hydrogen) atoms. The van der Waals surface area contributed by atoms with Crippen molar-refractivity contribution in [1.29, 1.82) is 0 Å². The maximum atomic E-state index is 12.2. The Hall–Kier alpha value is -3.59. The first kappa shape index (κ1) is 19.7. The van der Waals surface area contributed by atoms with Crippen LogP contribution in [-0.4, -0.2) is 58.1 Å². The van der Waals surface area contributed by atoms with Gasteiger partial charge < -0.3 is 9.64 Å². The van der Waals surface area contributed by atoms with E-state index in [2.05, 4.69) is 43.0 Å². The number of hydrogen-bond donors (Lipinski definition) is 1. The smallest absolute Gasteiger partial charge is 0.263 e. The first-order chi connectivity index (χ1) is 14.7. The number of ether oxygens (including phenoxy) is 1. The number of carbonyl (C=O) groups excluding carboxylic acids is 1. The van der Waals surface area contributed by atoms with Crippen LogP contribution in [0.25, 0.3) is 11.4 Å². The van der Waals surface area contributed by atoms with Gasteiger partial charge in [0.25, 0.3) is 5.91 Å². The molecule has 1 N–H and O–H groups in total. The van der Waals surface area contributed by atoms with Gasteiger partial charge in [-0.15, -0.1) is 10.2 Å². The Labute approximate surface area is 174 Å². The molecule has 0 saturated carbocycles. The van der Waals surface area contributed by atoms with Crippen molar-refractivity contribution in [2.45, 2.75) is 13.5 Å². The molecular formula is C21H23N7O2. The normalized spacial score (nSPS) is 14.6. The van der Waals surface area contributed by atoms with Gasteiger partial charge in [-0.3, -0.25) is 4.79 Å². The fraction of sp³-hybridized carbons (Fsp3) is 0.286. The molecule has 3 aromatic rings.